The van der Waals surface area contributed by atoms with Crippen LogP contribution in [0.25, 0.3) is 26.4 Å². The minimum absolute atomic E-state index is 0.0582. The number of carbonyl (C=O) groups excluding carboxylic acids is 1. The van der Waals surface area contributed by atoms with Gasteiger partial charge >= 0.3 is 0 Å². The lowest BCUT2D eigenvalue weighted by Crippen LogP contribution is -2.26. The van der Waals surface area contributed by atoms with E-state index in [1.165, 1.54) is 0 Å². The number of carbonyl (C=O) groups is 1. The molecule has 0 aliphatic heterocycles. The third-order valence-corrected chi connectivity index (χ3v) is 6.41. The van der Waals surface area contributed by atoms with Crippen LogP contribution >= 0.6 is 11.3 Å². The summed E-state index contributed by atoms with van der Waals surface area (Å²) in [6, 6.07) is 23.6. The lowest BCUT2D eigenvalue weighted by Gasteiger charge is -2.14. The molecule has 2 heterocycles. The van der Waals surface area contributed by atoms with Gasteiger partial charge in [-0.05, 0) is 55.0 Å². The van der Waals surface area contributed by atoms with Crippen molar-refractivity contribution in [3.63, 3.8) is 0 Å². The van der Waals surface area contributed by atoms with Crippen LogP contribution in [0.3, 0.4) is 0 Å². The summed E-state index contributed by atoms with van der Waals surface area (Å²) in [5.74, 6) is 0.742. The molecule has 0 saturated heterocycles. The number of benzene rings is 3. The molecule has 5 nitrogen and oxygen atoms in total. The zero-order valence-electron chi connectivity index (χ0n) is 17.2. The smallest absolute Gasteiger partial charge is 0.251 e. The Kier molecular flexibility index (Phi) is 4.92. The summed E-state index contributed by atoms with van der Waals surface area (Å²) in [7, 11) is 1.66. The Morgan fingerprint density at radius 3 is 2.58 bits per heavy atom. The summed E-state index contributed by atoms with van der Waals surface area (Å²) in [4.78, 5) is 18.5. The average Bonchev–Trinajstić information content (AvgIpc) is 3.37. The molecule has 0 fully saturated rings. The number of amides is 1. The number of thiazole rings is 1. The topological polar surface area (TPSA) is 55.6 Å². The van der Waals surface area contributed by atoms with Crippen LogP contribution in [0, 0.1) is 0 Å². The van der Waals surface area contributed by atoms with Crippen molar-refractivity contribution < 1.29 is 9.53 Å². The summed E-state index contributed by atoms with van der Waals surface area (Å²) in [6.45, 7) is 1.99. The predicted octanol–water partition coefficient (Wildman–Crippen LogP) is 5.72. The maximum absolute atomic E-state index is 12.8. The molecule has 0 spiro atoms. The highest BCUT2D eigenvalue weighted by Gasteiger charge is 2.15. The first-order valence-corrected chi connectivity index (χ1v) is 10.9. The van der Waals surface area contributed by atoms with Gasteiger partial charge in [-0.25, -0.2) is 4.98 Å². The van der Waals surface area contributed by atoms with Gasteiger partial charge < -0.3 is 10.1 Å². The van der Waals surface area contributed by atoms with E-state index in [9.17, 15) is 4.79 Å². The lowest BCUT2D eigenvalue weighted by atomic mass is 10.1. The number of ether oxygens (including phenoxy) is 1. The molecule has 0 bridgehead atoms. The molecule has 2 aromatic heterocycles. The molecule has 0 aliphatic rings. The van der Waals surface area contributed by atoms with E-state index >= 15 is 0 Å². The normalized spacial score (nSPS) is 12.2. The van der Waals surface area contributed by atoms with Crippen molar-refractivity contribution in [1.29, 1.82) is 0 Å². The van der Waals surface area contributed by atoms with Gasteiger partial charge in [0.1, 0.15) is 5.75 Å². The third-order valence-electron chi connectivity index (χ3n) is 5.39. The monoisotopic (exact) mass is 427 g/mol. The number of imidazole rings is 1. The molecule has 31 heavy (non-hydrogen) atoms. The van der Waals surface area contributed by atoms with Gasteiger partial charge in [-0.2, -0.15) is 0 Å². The fourth-order valence-corrected chi connectivity index (χ4v) is 4.70. The van der Waals surface area contributed by atoms with Crippen molar-refractivity contribution >= 4 is 32.4 Å². The summed E-state index contributed by atoms with van der Waals surface area (Å²) in [5.41, 5.74) is 4.72. The van der Waals surface area contributed by atoms with Crippen LogP contribution in [0.5, 0.6) is 5.75 Å². The number of hydrogen-bond acceptors (Lipinski definition) is 4. The third kappa shape index (κ3) is 3.66. The summed E-state index contributed by atoms with van der Waals surface area (Å²) in [6.07, 6.45) is 2.03. The lowest BCUT2D eigenvalue weighted by molar-refractivity contribution is 0.0940. The Labute approximate surface area is 183 Å². The van der Waals surface area contributed by atoms with Crippen molar-refractivity contribution in [2.24, 2.45) is 0 Å². The Morgan fingerprint density at radius 1 is 1.06 bits per heavy atom. The SMILES string of the molecule is COc1ccc(-c2cn3c(n2)sc2cc(C(=O)NC(C)c4ccccc4)ccc23)cc1. The second-order valence-electron chi connectivity index (χ2n) is 7.40. The van der Waals surface area contributed by atoms with E-state index < -0.39 is 0 Å². The molecule has 6 heteroatoms. The van der Waals surface area contributed by atoms with E-state index in [2.05, 4.69) is 9.72 Å². The van der Waals surface area contributed by atoms with E-state index in [0.717, 1.165) is 37.7 Å². The van der Waals surface area contributed by atoms with Gasteiger partial charge in [0.15, 0.2) is 4.96 Å². The van der Waals surface area contributed by atoms with Crippen molar-refractivity contribution in [1.82, 2.24) is 14.7 Å². The first kappa shape index (κ1) is 19.3. The van der Waals surface area contributed by atoms with Crippen LogP contribution in [-0.4, -0.2) is 22.4 Å². The molecule has 0 radical (unpaired) electrons. The number of fused-ring (bicyclic) bond motifs is 3. The largest absolute Gasteiger partial charge is 0.497 e. The highest BCUT2D eigenvalue weighted by Crippen LogP contribution is 2.31. The zero-order chi connectivity index (χ0) is 21.4. The predicted molar refractivity (Wildman–Crippen MR) is 125 cm³/mol. The van der Waals surface area contributed by atoms with Crippen LogP contribution in [0.4, 0.5) is 0 Å². The van der Waals surface area contributed by atoms with Gasteiger partial charge in [-0.3, -0.25) is 9.20 Å². The van der Waals surface area contributed by atoms with E-state index in [1.807, 2.05) is 85.9 Å². The van der Waals surface area contributed by atoms with Gasteiger partial charge in [-0.1, -0.05) is 41.7 Å². The van der Waals surface area contributed by atoms with Crippen molar-refractivity contribution in [2.45, 2.75) is 13.0 Å². The fourth-order valence-electron chi connectivity index (χ4n) is 3.65. The molecule has 1 unspecified atom stereocenters. The molecule has 154 valence electrons. The first-order chi connectivity index (χ1) is 15.1. The standard InChI is InChI=1S/C25H21N3O2S/c1-16(17-6-4-3-5-7-17)26-24(29)19-10-13-22-23(14-19)31-25-27-21(15-28(22)25)18-8-11-20(30-2)12-9-18/h3-16H,1-2H3,(H,26,29). The quantitative estimate of drug-likeness (QED) is 0.391. The van der Waals surface area contributed by atoms with Crippen LogP contribution in [-0.2, 0) is 0 Å². The first-order valence-electron chi connectivity index (χ1n) is 10.0. The number of aromatic nitrogens is 2. The maximum atomic E-state index is 12.8. The second kappa shape index (κ2) is 7.89. The van der Waals surface area contributed by atoms with E-state index in [0.29, 0.717) is 5.56 Å². The van der Waals surface area contributed by atoms with Crippen molar-refractivity contribution in [3.05, 3.63) is 90.1 Å². The number of methoxy groups -OCH3 is 1. The number of rotatable bonds is 5. The Morgan fingerprint density at radius 2 is 1.84 bits per heavy atom. The van der Waals surface area contributed by atoms with E-state index in [-0.39, 0.29) is 11.9 Å². The Bertz CT molecular complexity index is 1370. The van der Waals surface area contributed by atoms with Gasteiger partial charge in [-0.15, -0.1) is 0 Å². The van der Waals surface area contributed by atoms with Gasteiger partial charge in [0.2, 0.25) is 0 Å². The molecular formula is C25H21N3O2S. The minimum atomic E-state index is -0.0804. The molecule has 0 aliphatic carbocycles. The van der Waals surface area contributed by atoms with Gasteiger partial charge in [0, 0.05) is 17.3 Å². The molecule has 1 atom stereocenters. The van der Waals surface area contributed by atoms with Gasteiger partial charge in [0.25, 0.3) is 5.91 Å². The summed E-state index contributed by atoms with van der Waals surface area (Å²) in [5, 5.41) is 3.08. The molecule has 1 N–H and O–H groups in total. The molecule has 0 saturated carbocycles. The molecular weight excluding hydrogens is 406 g/mol. The van der Waals surface area contributed by atoms with Crippen LogP contribution in [0.15, 0.2) is 79.0 Å². The fraction of sp³-hybridized carbons (Fsp3) is 0.120. The molecule has 1 amide bonds. The summed E-state index contributed by atoms with van der Waals surface area (Å²) < 4.78 is 8.34. The van der Waals surface area contributed by atoms with Gasteiger partial charge in [0.05, 0.1) is 29.1 Å². The molecule has 3 aromatic carbocycles. The maximum Gasteiger partial charge on any atom is 0.251 e. The van der Waals surface area contributed by atoms with Crippen LogP contribution in [0.1, 0.15) is 28.9 Å². The summed E-state index contributed by atoms with van der Waals surface area (Å²) >= 11 is 1.58. The highest BCUT2D eigenvalue weighted by molar-refractivity contribution is 7.23. The molecule has 5 aromatic rings. The highest BCUT2D eigenvalue weighted by atomic mass is 32.1. The average molecular weight is 428 g/mol. The minimum Gasteiger partial charge on any atom is -0.497 e. The van der Waals surface area contributed by atoms with E-state index in [4.69, 9.17) is 9.72 Å². The number of hydrogen-bond donors (Lipinski definition) is 1. The Balaban J connectivity index is 1.41. The van der Waals surface area contributed by atoms with Crippen molar-refractivity contribution in [2.75, 3.05) is 7.11 Å². The van der Waals surface area contributed by atoms with E-state index in [1.54, 1.807) is 18.4 Å². The zero-order valence-corrected chi connectivity index (χ0v) is 18.0. The van der Waals surface area contributed by atoms with Crippen LogP contribution < -0.4 is 10.1 Å². The van der Waals surface area contributed by atoms with Crippen LogP contribution in [0.2, 0.25) is 0 Å². The number of nitrogens with one attached hydrogen (secondary N) is 1. The molecule has 5 rings (SSSR count). The number of nitrogens with zero attached hydrogens (tertiary/aromatic N) is 2. The second-order valence-corrected chi connectivity index (χ2v) is 8.41. The Hall–Kier alpha value is -3.64. The van der Waals surface area contributed by atoms with Crippen molar-refractivity contribution in [3.8, 4) is 17.0 Å².